The van der Waals surface area contributed by atoms with Crippen molar-refractivity contribution in [2.75, 3.05) is 26.9 Å². The van der Waals surface area contributed by atoms with Crippen LogP contribution >= 0.6 is 7.82 Å². The van der Waals surface area contributed by atoms with Crippen LogP contribution in [0.15, 0.2) is 0 Å². The molecule has 0 rings (SSSR count). The molecule has 1 atom stereocenters. The SMILES string of the molecule is CCCCCCCCCCCCCCCCCCOC[C@@H](COC)OP(=O)(O)O. The lowest BCUT2D eigenvalue weighted by molar-refractivity contribution is -0.00700. The molecule has 7 heteroatoms. The Morgan fingerprint density at radius 3 is 1.48 bits per heavy atom. The zero-order chi connectivity index (χ0) is 21.6. The van der Waals surface area contributed by atoms with E-state index in [9.17, 15) is 4.57 Å². The van der Waals surface area contributed by atoms with Gasteiger partial charge in [-0.1, -0.05) is 103 Å². The minimum Gasteiger partial charge on any atom is -0.382 e. The minimum atomic E-state index is -4.51. The van der Waals surface area contributed by atoms with Gasteiger partial charge in [-0.25, -0.2) is 4.57 Å². The molecule has 29 heavy (non-hydrogen) atoms. The number of phosphoric ester groups is 1. The largest absolute Gasteiger partial charge is 0.470 e. The predicted molar refractivity (Wildman–Crippen MR) is 119 cm³/mol. The third-order valence-electron chi connectivity index (χ3n) is 5.08. The number of methoxy groups -OCH3 is 1. The van der Waals surface area contributed by atoms with Gasteiger partial charge < -0.3 is 19.3 Å². The Morgan fingerprint density at radius 2 is 1.10 bits per heavy atom. The van der Waals surface area contributed by atoms with Gasteiger partial charge in [0.2, 0.25) is 0 Å². The normalized spacial score (nSPS) is 13.1. The van der Waals surface area contributed by atoms with E-state index in [2.05, 4.69) is 11.4 Å². The van der Waals surface area contributed by atoms with Gasteiger partial charge in [0.15, 0.2) is 0 Å². The molecule has 0 aliphatic heterocycles. The summed E-state index contributed by atoms with van der Waals surface area (Å²) in [6.07, 6.45) is 20.5. The van der Waals surface area contributed by atoms with E-state index in [1.54, 1.807) is 0 Å². The molecule has 0 aromatic heterocycles. The molecule has 0 spiro atoms. The molecule has 0 unspecified atom stereocenters. The van der Waals surface area contributed by atoms with Crippen LogP contribution < -0.4 is 0 Å². The zero-order valence-electron chi connectivity index (χ0n) is 19.0. The van der Waals surface area contributed by atoms with Gasteiger partial charge in [-0.2, -0.15) is 0 Å². The molecule has 0 aliphatic carbocycles. The lowest BCUT2D eigenvalue weighted by Gasteiger charge is -2.17. The molecule has 0 heterocycles. The van der Waals surface area contributed by atoms with Crippen LogP contribution in [0.4, 0.5) is 0 Å². The molecule has 0 saturated heterocycles. The van der Waals surface area contributed by atoms with Crippen LogP contribution in [0.25, 0.3) is 0 Å². The number of hydrogen-bond acceptors (Lipinski definition) is 4. The molecule has 0 bridgehead atoms. The summed E-state index contributed by atoms with van der Waals surface area (Å²) in [7, 11) is -3.04. The second-order valence-corrected chi connectivity index (χ2v) is 9.24. The quantitative estimate of drug-likeness (QED) is 0.142. The van der Waals surface area contributed by atoms with Crippen molar-refractivity contribution in [1.29, 1.82) is 0 Å². The number of rotatable bonds is 23. The van der Waals surface area contributed by atoms with E-state index in [-0.39, 0.29) is 13.2 Å². The Morgan fingerprint density at radius 1 is 0.690 bits per heavy atom. The Bertz CT molecular complexity index is 374. The van der Waals surface area contributed by atoms with Gasteiger partial charge in [-0.3, -0.25) is 4.52 Å². The van der Waals surface area contributed by atoms with Gasteiger partial charge in [0.1, 0.15) is 6.10 Å². The van der Waals surface area contributed by atoms with Gasteiger partial charge in [0, 0.05) is 13.7 Å². The molecular formula is C22H47O6P. The highest BCUT2D eigenvalue weighted by Crippen LogP contribution is 2.37. The molecule has 176 valence electrons. The second-order valence-electron chi connectivity index (χ2n) is 8.05. The predicted octanol–water partition coefficient (Wildman–Crippen LogP) is 6.39. The van der Waals surface area contributed by atoms with Crippen molar-refractivity contribution < 1.29 is 28.3 Å². The standard InChI is InChI=1S/C22H47O6P/c1-3-4-5-6-7-8-9-10-11-12-13-14-15-16-17-18-19-27-21-22(20-26-2)28-29(23,24)25/h22H,3-21H2,1-2H3,(H2,23,24,25)/t22-/m1/s1. The molecule has 0 radical (unpaired) electrons. The summed E-state index contributed by atoms with van der Waals surface area (Å²) >= 11 is 0. The van der Waals surface area contributed by atoms with Crippen LogP contribution in [0.3, 0.4) is 0 Å². The molecule has 2 N–H and O–H groups in total. The lowest BCUT2D eigenvalue weighted by Crippen LogP contribution is -2.24. The van der Waals surface area contributed by atoms with Crippen LogP contribution in [-0.2, 0) is 18.6 Å². The summed E-state index contributed by atoms with van der Waals surface area (Å²) in [5, 5.41) is 0. The Balaban J connectivity index is 3.28. The topological polar surface area (TPSA) is 85.2 Å². The van der Waals surface area contributed by atoms with Crippen molar-refractivity contribution >= 4 is 7.82 Å². The fourth-order valence-electron chi connectivity index (χ4n) is 3.46. The number of unbranched alkanes of at least 4 members (excludes halogenated alkanes) is 15. The maximum Gasteiger partial charge on any atom is 0.470 e. The first kappa shape index (κ1) is 29.0. The van der Waals surface area contributed by atoms with E-state index in [1.807, 2.05) is 0 Å². The van der Waals surface area contributed by atoms with Gasteiger partial charge in [0.05, 0.1) is 13.2 Å². The average Bonchev–Trinajstić information content (AvgIpc) is 2.66. The van der Waals surface area contributed by atoms with Gasteiger partial charge >= 0.3 is 7.82 Å². The van der Waals surface area contributed by atoms with Crippen molar-refractivity contribution in [2.45, 2.75) is 116 Å². The Kier molecular flexibility index (Phi) is 21.3. The van der Waals surface area contributed by atoms with Crippen LogP contribution in [-0.4, -0.2) is 42.8 Å². The molecule has 0 amide bonds. The van der Waals surface area contributed by atoms with Crippen molar-refractivity contribution in [1.82, 2.24) is 0 Å². The number of phosphoric acid groups is 1. The highest BCUT2D eigenvalue weighted by Gasteiger charge is 2.22. The first-order chi connectivity index (χ1) is 14.0. The first-order valence-electron chi connectivity index (χ1n) is 11.8. The average molecular weight is 439 g/mol. The summed E-state index contributed by atoms with van der Waals surface area (Å²) in [4.78, 5) is 17.7. The molecule has 0 saturated carbocycles. The fraction of sp³-hybridized carbons (Fsp3) is 1.00. The van der Waals surface area contributed by atoms with Gasteiger partial charge in [-0.05, 0) is 6.42 Å². The van der Waals surface area contributed by atoms with Crippen LogP contribution in [0.1, 0.15) is 110 Å². The smallest absolute Gasteiger partial charge is 0.382 e. The molecule has 0 aromatic rings. The van der Waals surface area contributed by atoms with E-state index in [4.69, 9.17) is 19.3 Å². The molecule has 0 fully saturated rings. The van der Waals surface area contributed by atoms with E-state index < -0.39 is 13.9 Å². The van der Waals surface area contributed by atoms with Gasteiger partial charge in [0.25, 0.3) is 0 Å². The molecule has 0 aromatic carbocycles. The summed E-state index contributed by atoms with van der Waals surface area (Å²) in [6, 6.07) is 0. The fourth-order valence-corrected chi connectivity index (χ4v) is 3.97. The van der Waals surface area contributed by atoms with Crippen molar-refractivity contribution in [3.8, 4) is 0 Å². The second kappa shape index (κ2) is 21.3. The lowest BCUT2D eigenvalue weighted by atomic mass is 10.0. The summed E-state index contributed by atoms with van der Waals surface area (Å²) in [6.45, 7) is 3.09. The zero-order valence-corrected chi connectivity index (χ0v) is 19.9. The Labute approximate surface area is 179 Å². The Hall–Kier alpha value is 0.0300. The maximum atomic E-state index is 10.9. The van der Waals surface area contributed by atoms with E-state index in [0.29, 0.717) is 6.61 Å². The van der Waals surface area contributed by atoms with Crippen LogP contribution in [0.5, 0.6) is 0 Å². The monoisotopic (exact) mass is 438 g/mol. The van der Waals surface area contributed by atoms with E-state index in [0.717, 1.165) is 12.8 Å². The van der Waals surface area contributed by atoms with E-state index in [1.165, 1.54) is 97.0 Å². The molecular weight excluding hydrogens is 391 g/mol. The summed E-state index contributed by atoms with van der Waals surface area (Å²) in [5.74, 6) is 0. The molecule has 0 aliphatic rings. The first-order valence-corrected chi connectivity index (χ1v) is 13.3. The van der Waals surface area contributed by atoms with Crippen molar-refractivity contribution in [3.05, 3.63) is 0 Å². The summed E-state index contributed by atoms with van der Waals surface area (Å²) in [5.41, 5.74) is 0. The van der Waals surface area contributed by atoms with E-state index >= 15 is 0 Å². The maximum absolute atomic E-state index is 10.9. The van der Waals surface area contributed by atoms with Crippen molar-refractivity contribution in [2.24, 2.45) is 0 Å². The van der Waals surface area contributed by atoms with Crippen molar-refractivity contribution in [3.63, 3.8) is 0 Å². The van der Waals surface area contributed by atoms with Crippen LogP contribution in [0, 0.1) is 0 Å². The highest BCUT2D eigenvalue weighted by molar-refractivity contribution is 7.46. The third kappa shape index (κ3) is 24.2. The third-order valence-corrected chi connectivity index (χ3v) is 5.66. The van der Waals surface area contributed by atoms with Crippen LogP contribution in [0.2, 0.25) is 0 Å². The van der Waals surface area contributed by atoms with Gasteiger partial charge in [-0.15, -0.1) is 0 Å². The highest BCUT2D eigenvalue weighted by atomic mass is 31.2. The molecule has 6 nitrogen and oxygen atoms in total. The minimum absolute atomic E-state index is 0.101. The summed E-state index contributed by atoms with van der Waals surface area (Å²) < 4.78 is 25.9. The number of ether oxygens (including phenoxy) is 2. The number of hydrogen-bond donors (Lipinski definition) is 2.